The molecule has 1 atom stereocenters. The maximum Gasteiger partial charge on any atom is 0.273 e. The van der Waals surface area contributed by atoms with E-state index in [2.05, 4.69) is 5.32 Å². The molecular weight excluding hydrogens is 401 g/mol. The molecule has 164 valence electrons. The minimum absolute atomic E-state index is 0.0792. The fourth-order valence-corrected chi connectivity index (χ4v) is 3.89. The Hall–Kier alpha value is -3.29. The minimum atomic E-state index is -0.851. The molecule has 2 amide bonds. The van der Waals surface area contributed by atoms with Gasteiger partial charge in [0.25, 0.3) is 5.69 Å². The zero-order valence-electron chi connectivity index (χ0n) is 17.4. The van der Waals surface area contributed by atoms with Crippen molar-refractivity contribution in [3.05, 3.63) is 75.6 Å². The summed E-state index contributed by atoms with van der Waals surface area (Å²) >= 11 is 0. The van der Waals surface area contributed by atoms with E-state index in [-0.39, 0.29) is 41.7 Å². The van der Waals surface area contributed by atoms with E-state index in [1.807, 2.05) is 0 Å². The molecule has 0 aliphatic heterocycles. The summed E-state index contributed by atoms with van der Waals surface area (Å²) < 4.78 is 14.3. The van der Waals surface area contributed by atoms with E-state index >= 15 is 0 Å². The second kappa shape index (κ2) is 10.1. The number of halogens is 1. The van der Waals surface area contributed by atoms with E-state index in [9.17, 15) is 24.1 Å². The van der Waals surface area contributed by atoms with Gasteiger partial charge in [0.05, 0.1) is 11.3 Å². The fourth-order valence-electron chi connectivity index (χ4n) is 3.89. The zero-order valence-corrected chi connectivity index (χ0v) is 17.4. The first-order valence-electron chi connectivity index (χ1n) is 10.4. The van der Waals surface area contributed by atoms with Gasteiger partial charge in [-0.05, 0) is 25.8 Å². The molecule has 2 aromatic carbocycles. The highest BCUT2D eigenvalue weighted by atomic mass is 19.1. The van der Waals surface area contributed by atoms with E-state index in [0.29, 0.717) is 0 Å². The first-order valence-corrected chi connectivity index (χ1v) is 10.4. The Bertz CT molecular complexity index is 959. The molecule has 0 aromatic heterocycles. The van der Waals surface area contributed by atoms with Crippen LogP contribution in [0.2, 0.25) is 0 Å². The number of hydrogen-bond donors (Lipinski definition) is 1. The summed E-state index contributed by atoms with van der Waals surface area (Å²) in [5.74, 6) is -1.26. The van der Waals surface area contributed by atoms with Crippen molar-refractivity contribution < 1.29 is 18.9 Å². The molecule has 1 fully saturated rings. The topological polar surface area (TPSA) is 92.6 Å². The Morgan fingerprint density at radius 2 is 1.74 bits per heavy atom. The summed E-state index contributed by atoms with van der Waals surface area (Å²) in [5.41, 5.74) is 0.364. The van der Waals surface area contributed by atoms with Crippen molar-refractivity contribution in [2.24, 2.45) is 0 Å². The normalized spacial score (nSPS) is 14.8. The van der Waals surface area contributed by atoms with Gasteiger partial charge in [0, 0.05) is 29.8 Å². The molecule has 0 radical (unpaired) electrons. The summed E-state index contributed by atoms with van der Waals surface area (Å²) in [4.78, 5) is 38.1. The van der Waals surface area contributed by atoms with Crippen molar-refractivity contribution in [3.8, 4) is 0 Å². The van der Waals surface area contributed by atoms with E-state index in [1.165, 1.54) is 29.2 Å². The van der Waals surface area contributed by atoms with Gasteiger partial charge in [0.15, 0.2) is 0 Å². The van der Waals surface area contributed by atoms with Crippen LogP contribution in [-0.4, -0.2) is 33.7 Å². The molecule has 8 heteroatoms. The molecule has 31 heavy (non-hydrogen) atoms. The lowest BCUT2D eigenvalue weighted by molar-refractivity contribution is -0.385. The SMILES string of the molecule is CC(C(=O)NC1CCCC1)N(Cc1ccccc1F)C(=O)Cc1ccccc1[N+](=O)[O-]. The number of hydrogen-bond acceptors (Lipinski definition) is 4. The number of benzene rings is 2. The molecule has 0 heterocycles. The highest BCUT2D eigenvalue weighted by molar-refractivity contribution is 5.88. The summed E-state index contributed by atoms with van der Waals surface area (Å²) in [6.07, 6.45) is 3.64. The largest absolute Gasteiger partial charge is 0.352 e. The quantitative estimate of drug-likeness (QED) is 0.513. The van der Waals surface area contributed by atoms with Gasteiger partial charge in [-0.15, -0.1) is 0 Å². The monoisotopic (exact) mass is 427 g/mol. The lowest BCUT2D eigenvalue weighted by Gasteiger charge is -2.30. The van der Waals surface area contributed by atoms with E-state index in [4.69, 9.17) is 0 Å². The molecule has 1 N–H and O–H groups in total. The van der Waals surface area contributed by atoms with Gasteiger partial charge in [0.2, 0.25) is 11.8 Å². The van der Waals surface area contributed by atoms with Crippen LogP contribution in [0.4, 0.5) is 10.1 Å². The molecule has 1 saturated carbocycles. The molecule has 7 nitrogen and oxygen atoms in total. The summed E-state index contributed by atoms with van der Waals surface area (Å²) in [6, 6.07) is 11.3. The first kappa shape index (κ1) is 22.4. The number of nitrogens with one attached hydrogen (secondary N) is 1. The van der Waals surface area contributed by atoms with E-state index in [0.717, 1.165) is 25.7 Å². The third kappa shape index (κ3) is 5.65. The second-order valence-corrected chi connectivity index (χ2v) is 7.84. The standard InChI is InChI=1S/C23H26FN3O4/c1-16(23(29)25-19-10-4-5-11-19)26(15-18-9-2-6-12-20(18)24)22(28)14-17-8-3-7-13-21(17)27(30)31/h2-3,6-9,12-13,16,19H,4-5,10-11,14-15H2,1H3,(H,25,29). The third-order valence-electron chi connectivity index (χ3n) is 5.70. The Labute approximate surface area is 180 Å². The van der Waals surface area contributed by atoms with Crippen LogP contribution in [0.1, 0.15) is 43.7 Å². The number of carbonyl (C=O) groups excluding carboxylic acids is 2. The third-order valence-corrected chi connectivity index (χ3v) is 5.70. The number of para-hydroxylation sites is 1. The Kier molecular flexibility index (Phi) is 7.33. The Morgan fingerprint density at radius 1 is 1.13 bits per heavy atom. The van der Waals surface area contributed by atoms with Gasteiger partial charge in [0.1, 0.15) is 11.9 Å². The fraction of sp³-hybridized carbons (Fsp3) is 0.391. The molecule has 0 saturated heterocycles. The van der Waals surface area contributed by atoms with Gasteiger partial charge < -0.3 is 10.2 Å². The van der Waals surface area contributed by atoms with Crippen molar-refractivity contribution in [2.45, 2.75) is 57.7 Å². The summed E-state index contributed by atoms with van der Waals surface area (Å²) in [7, 11) is 0. The van der Waals surface area contributed by atoms with Gasteiger partial charge in [-0.1, -0.05) is 49.2 Å². The number of nitro benzene ring substituents is 1. The molecule has 0 bridgehead atoms. The molecule has 1 aliphatic carbocycles. The Balaban J connectivity index is 1.84. The average Bonchev–Trinajstić information content (AvgIpc) is 3.25. The highest BCUT2D eigenvalue weighted by Crippen LogP contribution is 2.22. The summed E-state index contributed by atoms with van der Waals surface area (Å²) in [5, 5.41) is 14.3. The van der Waals surface area contributed by atoms with Crippen molar-refractivity contribution in [2.75, 3.05) is 0 Å². The van der Waals surface area contributed by atoms with Gasteiger partial charge in [-0.3, -0.25) is 19.7 Å². The molecule has 0 spiro atoms. The van der Waals surface area contributed by atoms with Crippen LogP contribution in [0, 0.1) is 15.9 Å². The van der Waals surface area contributed by atoms with Crippen LogP contribution >= 0.6 is 0 Å². The second-order valence-electron chi connectivity index (χ2n) is 7.84. The maximum atomic E-state index is 14.3. The molecule has 2 aromatic rings. The summed E-state index contributed by atoms with van der Waals surface area (Å²) in [6.45, 7) is 1.49. The number of rotatable bonds is 8. The van der Waals surface area contributed by atoms with Crippen LogP contribution in [0.25, 0.3) is 0 Å². The smallest absolute Gasteiger partial charge is 0.273 e. The molecule has 1 aliphatic rings. The lowest BCUT2D eigenvalue weighted by Crippen LogP contribution is -2.50. The molecule has 1 unspecified atom stereocenters. The van der Waals surface area contributed by atoms with Crippen LogP contribution in [-0.2, 0) is 22.6 Å². The number of carbonyl (C=O) groups is 2. The van der Waals surface area contributed by atoms with Gasteiger partial charge >= 0.3 is 0 Å². The molecular formula is C23H26FN3O4. The molecule has 3 rings (SSSR count). The number of nitrogens with zero attached hydrogens (tertiary/aromatic N) is 2. The maximum absolute atomic E-state index is 14.3. The lowest BCUT2D eigenvalue weighted by atomic mass is 10.1. The van der Waals surface area contributed by atoms with Gasteiger partial charge in [-0.25, -0.2) is 4.39 Å². The van der Waals surface area contributed by atoms with Crippen LogP contribution in [0.15, 0.2) is 48.5 Å². The van der Waals surface area contributed by atoms with Gasteiger partial charge in [-0.2, -0.15) is 0 Å². The number of nitro groups is 1. The predicted molar refractivity (Wildman–Crippen MR) is 114 cm³/mol. The van der Waals surface area contributed by atoms with Crippen molar-refractivity contribution in [3.63, 3.8) is 0 Å². The van der Waals surface area contributed by atoms with Crippen LogP contribution in [0.5, 0.6) is 0 Å². The number of amides is 2. The van der Waals surface area contributed by atoms with Crippen molar-refractivity contribution in [1.29, 1.82) is 0 Å². The van der Waals surface area contributed by atoms with Crippen LogP contribution in [0.3, 0.4) is 0 Å². The minimum Gasteiger partial charge on any atom is -0.352 e. The Morgan fingerprint density at radius 3 is 2.39 bits per heavy atom. The first-order chi connectivity index (χ1) is 14.9. The van der Waals surface area contributed by atoms with Crippen LogP contribution < -0.4 is 5.32 Å². The predicted octanol–water partition coefficient (Wildman–Crippen LogP) is 3.75. The van der Waals surface area contributed by atoms with E-state index in [1.54, 1.807) is 31.2 Å². The zero-order chi connectivity index (χ0) is 22.4. The van der Waals surface area contributed by atoms with E-state index < -0.39 is 22.7 Å². The average molecular weight is 427 g/mol. The van der Waals surface area contributed by atoms with Crippen molar-refractivity contribution >= 4 is 17.5 Å². The van der Waals surface area contributed by atoms with Crippen molar-refractivity contribution in [1.82, 2.24) is 10.2 Å². The highest BCUT2D eigenvalue weighted by Gasteiger charge is 2.30.